The summed E-state index contributed by atoms with van der Waals surface area (Å²) in [4.78, 5) is 13.1. The fourth-order valence-corrected chi connectivity index (χ4v) is 2.06. The molecule has 0 aromatic heterocycles. The molecule has 1 heterocycles. The summed E-state index contributed by atoms with van der Waals surface area (Å²) in [6, 6.07) is 0.495. The number of amides is 1. The summed E-state index contributed by atoms with van der Waals surface area (Å²) in [6.07, 6.45) is 5.04. The van der Waals surface area contributed by atoms with Gasteiger partial charge in [0.25, 0.3) is 0 Å². The van der Waals surface area contributed by atoms with Crippen molar-refractivity contribution in [2.75, 3.05) is 0 Å². The number of rotatable bonds is 1. The lowest BCUT2D eigenvalue weighted by Gasteiger charge is -2.22. The third kappa shape index (κ3) is 0.564. The Morgan fingerprint density at radius 2 is 2.40 bits per heavy atom. The Labute approximate surface area is 60.5 Å². The number of hydrogen-bond acceptors (Lipinski definition) is 1. The van der Waals surface area contributed by atoms with Crippen molar-refractivity contribution in [3.63, 3.8) is 0 Å². The highest BCUT2D eigenvalue weighted by molar-refractivity contribution is 5.83. The molecule has 10 heavy (non-hydrogen) atoms. The second-order valence-corrected chi connectivity index (χ2v) is 3.09. The van der Waals surface area contributed by atoms with Gasteiger partial charge in [0.1, 0.15) is 0 Å². The van der Waals surface area contributed by atoms with Crippen LogP contribution in [0.1, 0.15) is 19.3 Å². The Bertz CT molecular complexity index is 188. The third-order valence-electron chi connectivity index (χ3n) is 2.60. The summed E-state index contributed by atoms with van der Waals surface area (Å²) in [5.41, 5.74) is 0. The molecule has 2 nitrogen and oxygen atoms in total. The SMILES string of the molecule is C=CN1C(=O)C2CCC1C2. The van der Waals surface area contributed by atoms with Crippen molar-refractivity contribution in [1.29, 1.82) is 0 Å². The Morgan fingerprint density at radius 3 is 2.80 bits per heavy atom. The van der Waals surface area contributed by atoms with E-state index in [2.05, 4.69) is 6.58 Å². The largest absolute Gasteiger partial charge is 0.316 e. The molecule has 0 aromatic rings. The van der Waals surface area contributed by atoms with Crippen molar-refractivity contribution >= 4 is 5.91 Å². The minimum absolute atomic E-state index is 0.297. The van der Waals surface area contributed by atoms with Gasteiger partial charge in [-0.3, -0.25) is 4.79 Å². The highest BCUT2D eigenvalue weighted by atomic mass is 16.2. The second-order valence-electron chi connectivity index (χ2n) is 3.09. The topological polar surface area (TPSA) is 20.3 Å². The number of hydrogen-bond donors (Lipinski definition) is 0. The summed E-state index contributed by atoms with van der Waals surface area (Å²) >= 11 is 0. The molecule has 2 aliphatic rings. The van der Waals surface area contributed by atoms with Crippen LogP contribution in [-0.4, -0.2) is 16.8 Å². The van der Waals surface area contributed by atoms with Crippen LogP contribution in [-0.2, 0) is 4.79 Å². The maximum atomic E-state index is 11.3. The molecule has 1 amide bonds. The van der Waals surface area contributed by atoms with Crippen LogP contribution in [0.25, 0.3) is 0 Å². The van der Waals surface area contributed by atoms with Gasteiger partial charge in [-0.1, -0.05) is 6.58 Å². The molecule has 0 radical (unpaired) electrons. The minimum atomic E-state index is 0.297. The maximum Gasteiger partial charge on any atom is 0.229 e. The second kappa shape index (κ2) is 1.84. The summed E-state index contributed by atoms with van der Waals surface area (Å²) in [5.74, 6) is 0.634. The predicted octanol–water partition coefficient (Wildman–Crippen LogP) is 1.14. The third-order valence-corrected chi connectivity index (χ3v) is 2.60. The molecule has 0 aromatic carbocycles. The first-order valence-electron chi connectivity index (χ1n) is 3.77. The van der Waals surface area contributed by atoms with Crippen molar-refractivity contribution in [3.05, 3.63) is 12.8 Å². The van der Waals surface area contributed by atoms with Crippen molar-refractivity contribution < 1.29 is 4.79 Å². The van der Waals surface area contributed by atoms with E-state index in [0.717, 1.165) is 12.8 Å². The molecule has 1 saturated heterocycles. The Kier molecular flexibility index (Phi) is 1.10. The molecule has 2 fully saturated rings. The molecular formula is C8H11NO. The van der Waals surface area contributed by atoms with Crippen LogP contribution in [0.2, 0.25) is 0 Å². The number of carbonyl (C=O) groups is 1. The minimum Gasteiger partial charge on any atom is -0.316 e. The molecule has 2 unspecified atom stereocenters. The van der Waals surface area contributed by atoms with E-state index >= 15 is 0 Å². The predicted molar refractivity (Wildman–Crippen MR) is 38.2 cm³/mol. The van der Waals surface area contributed by atoms with E-state index in [0.29, 0.717) is 17.9 Å². The first-order valence-corrected chi connectivity index (χ1v) is 3.77. The van der Waals surface area contributed by atoms with Gasteiger partial charge < -0.3 is 4.90 Å². The normalized spacial score (nSPS) is 37.2. The average Bonchev–Trinajstić information content (AvgIpc) is 2.46. The van der Waals surface area contributed by atoms with E-state index in [1.165, 1.54) is 6.42 Å². The van der Waals surface area contributed by atoms with Gasteiger partial charge in [-0.15, -0.1) is 0 Å². The molecule has 0 spiro atoms. The quantitative estimate of drug-likeness (QED) is 0.530. The first-order chi connectivity index (χ1) is 4.83. The van der Waals surface area contributed by atoms with Gasteiger partial charge >= 0.3 is 0 Å². The maximum absolute atomic E-state index is 11.3. The first kappa shape index (κ1) is 5.96. The summed E-state index contributed by atoms with van der Waals surface area (Å²) in [5, 5.41) is 0. The van der Waals surface area contributed by atoms with E-state index < -0.39 is 0 Å². The molecule has 1 aliphatic heterocycles. The molecule has 0 N–H and O–H groups in total. The molecule has 2 rings (SSSR count). The summed E-state index contributed by atoms with van der Waals surface area (Å²) in [7, 11) is 0. The van der Waals surface area contributed by atoms with Gasteiger partial charge in [0.15, 0.2) is 0 Å². The molecule has 2 atom stereocenters. The van der Waals surface area contributed by atoms with Gasteiger partial charge in [-0.2, -0.15) is 0 Å². The van der Waals surface area contributed by atoms with Crippen molar-refractivity contribution in [1.82, 2.24) is 4.90 Å². The molecule has 1 aliphatic carbocycles. The Hall–Kier alpha value is -0.790. The highest BCUT2D eigenvalue weighted by Crippen LogP contribution is 2.38. The van der Waals surface area contributed by atoms with E-state index in [9.17, 15) is 4.79 Å². The van der Waals surface area contributed by atoms with Gasteiger partial charge in [0.2, 0.25) is 5.91 Å². The number of carbonyl (C=O) groups excluding carboxylic acids is 1. The Balaban J connectivity index is 2.24. The molecule has 1 saturated carbocycles. The molecule has 54 valence electrons. The van der Waals surface area contributed by atoms with E-state index in [1.807, 2.05) is 0 Å². The zero-order chi connectivity index (χ0) is 7.14. The summed E-state index contributed by atoms with van der Waals surface area (Å²) in [6.45, 7) is 3.62. The highest BCUT2D eigenvalue weighted by Gasteiger charge is 2.43. The molecule has 2 heteroatoms. The van der Waals surface area contributed by atoms with Crippen molar-refractivity contribution in [2.24, 2.45) is 5.92 Å². The van der Waals surface area contributed by atoms with Crippen molar-refractivity contribution in [2.45, 2.75) is 25.3 Å². The lowest BCUT2D eigenvalue weighted by Crippen LogP contribution is -2.31. The van der Waals surface area contributed by atoms with Gasteiger partial charge in [-0.25, -0.2) is 0 Å². The molecule has 2 bridgehead atoms. The van der Waals surface area contributed by atoms with E-state index in [4.69, 9.17) is 0 Å². The smallest absolute Gasteiger partial charge is 0.229 e. The van der Waals surface area contributed by atoms with Gasteiger partial charge in [-0.05, 0) is 25.5 Å². The van der Waals surface area contributed by atoms with Gasteiger partial charge in [0.05, 0.1) is 0 Å². The Morgan fingerprint density at radius 1 is 1.60 bits per heavy atom. The fourth-order valence-electron chi connectivity index (χ4n) is 2.06. The van der Waals surface area contributed by atoms with Crippen LogP contribution in [0, 0.1) is 5.92 Å². The number of nitrogens with zero attached hydrogens (tertiary/aromatic N) is 1. The number of likely N-dealkylation sites (tertiary alicyclic amines) is 1. The van der Waals surface area contributed by atoms with E-state index in [1.54, 1.807) is 11.1 Å². The van der Waals surface area contributed by atoms with Crippen LogP contribution < -0.4 is 0 Å². The van der Waals surface area contributed by atoms with Crippen LogP contribution in [0.15, 0.2) is 12.8 Å². The van der Waals surface area contributed by atoms with Crippen LogP contribution in [0.3, 0.4) is 0 Å². The van der Waals surface area contributed by atoms with Crippen LogP contribution >= 0.6 is 0 Å². The number of fused-ring (bicyclic) bond motifs is 2. The van der Waals surface area contributed by atoms with Crippen LogP contribution in [0.4, 0.5) is 0 Å². The lowest BCUT2D eigenvalue weighted by molar-refractivity contribution is -0.131. The zero-order valence-corrected chi connectivity index (χ0v) is 5.92. The zero-order valence-electron chi connectivity index (χ0n) is 5.92. The standard InChI is InChI=1S/C8H11NO/c1-2-9-7-4-3-6(5-7)8(9)10/h2,6-7H,1,3-5H2. The van der Waals surface area contributed by atoms with Crippen molar-refractivity contribution in [3.8, 4) is 0 Å². The number of piperidine rings is 1. The van der Waals surface area contributed by atoms with Crippen LogP contribution in [0.5, 0.6) is 0 Å². The lowest BCUT2D eigenvalue weighted by atomic mass is 10.1. The summed E-state index contributed by atoms with van der Waals surface area (Å²) < 4.78 is 0. The van der Waals surface area contributed by atoms with E-state index in [-0.39, 0.29) is 0 Å². The monoisotopic (exact) mass is 137 g/mol. The fraction of sp³-hybridized carbons (Fsp3) is 0.625. The molecular weight excluding hydrogens is 126 g/mol. The average molecular weight is 137 g/mol. The van der Waals surface area contributed by atoms with Gasteiger partial charge in [0, 0.05) is 12.0 Å².